The van der Waals surface area contributed by atoms with E-state index in [9.17, 15) is 4.79 Å². The Kier molecular flexibility index (Phi) is 4.68. The molecule has 1 saturated heterocycles. The van der Waals surface area contributed by atoms with Crippen molar-refractivity contribution in [1.82, 2.24) is 15.5 Å². The maximum Gasteiger partial charge on any atom is 0.255 e. The van der Waals surface area contributed by atoms with Crippen LogP contribution < -0.4 is 11.1 Å². The minimum absolute atomic E-state index is 0.0160. The number of nitrogens with one attached hydrogen (secondary N) is 1. The topological polar surface area (TPSA) is 103 Å². The Bertz CT molecular complexity index is 658. The second kappa shape index (κ2) is 6.89. The molecule has 0 aliphatic carbocycles. The number of primary amides is 1. The largest absolute Gasteiger partial charge is 0.368 e. The fraction of sp³-hybridized carbons (Fsp3) is 0.438. The lowest BCUT2D eigenvalue weighted by Crippen LogP contribution is -2.37. The van der Waals surface area contributed by atoms with Crippen molar-refractivity contribution in [2.45, 2.75) is 38.0 Å². The highest BCUT2D eigenvalue weighted by molar-refractivity contribution is 5.81. The lowest BCUT2D eigenvalue weighted by Gasteiger charge is -2.19. The lowest BCUT2D eigenvalue weighted by atomic mass is 10.1. The highest BCUT2D eigenvalue weighted by Crippen LogP contribution is 2.31. The summed E-state index contributed by atoms with van der Waals surface area (Å²) in [6.07, 6.45) is 1.49. The van der Waals surface area contributed by atoms with Crippen LogP contribution in [-0.4, -0.2) is 28.7 Å². The van der Waals surface area contributed by atoms with Crippen molar-refractivity contribution in [3.63, 3.8) is 0 Å². The first-order valence-electron chi connectivity index (χ1n) is 7.67. The van der Waals surface area contributed by atoms with Crippen LogP contribution in [0, 0.1) is 6.92 Å². The molecule has 0 radical (unpaired) electrons. The molecule has 122 valence electrons. The van der Waals surface area contributed by atoms with Gasteiger partial charge in [-0.15, -0.1) is 0 Å². The minimum Gasteiger partial charge on any atom is -0.368 e. The van der Waals surface area contributed by atoms with Crippen LogP contribution in [0.4, 0.5) is 0 Å². The van der Waals surface area contributed by atoms with E-state index < -0.39 is 11.9 Å². The van der Waals surface area contributed by atoms with E-state index in [0.717, 1.165) is 18.4 Å². The summed E-state index contributed by atoms with van der Waals surface area (Å²) in [5.41, 5.74) is 6.35. The second-order valence-corrected chi connectivity index (χ2v) is 5.66. The van der Waals surface area contributed by atoms with Gasteiger partial charge < -0.3 is 15.0 Å². The molecular formula is C16H20N4O3. The molecule has 0 unspecified atom stereocenters. The van der Waals surface area contributed by atoms with Gasteiger partial charge in [0.2, 0.25) is 5.91 Å². The first kappa shape index (κ1) is 15.6. The number of aryl methyl sites for hydroxylation is 1. The molecular weight excluding hydrogens is 296 g/mol. The summed E-state index contributed by atoms with van der Waals surface area (Å²) in [5.74, 6) is 0.709. The molecule has 3 atom stereocenters. The molecule has 23 heavy (non-hydrogen) atoms. The van der Waals surface area contributed by atoms with Crippen molar-refractivity contribution in [1.29, 1.82) is 0 Å². The minimum atomic E-state index is -0.524. The summed E-state index contributed by atoms with van der Waals surface area (Å²) >= 11 is 0. The Balaban J connectivity index is 1.56. The maximum absolute atomic E-state index is 11.7. The van der Waals surface area contributed by atoms with E-state index in [4.69, 9.17) is 15.0 Å². The van der Waals surface area contributed by atoms with E-state index in [2.05, 4.69) is 15.5 Å². The third-order valence-corrected chi connectivity index (χ3v) is 3.89. The number of rotatable bonds is 6. The van der Waals surface area contributed by atoms with Crippen molar-refractivity contribution in [2.75, 3.05) is 6.54 Å². The van der Waals surface area contributed by atoms with E-state index in [1.165, 1.54) is 0 Å². The number of carbonyl (C=O) groups excluding carboxylic acids is 1. The zero-order chi connectivity index (χ0) is 16.2. The van der Waals surface area contributed by atoms with E-state index in [1.807, 2.05) is 30.3 Å². The Hall–Kier alpha value is -2.25. The molecule has 1 fully saturated rings. The van der Waals surface area contributed by atoms with Crippen LogP contribution in [0.2, 0.25) is 0 Å². The number of ether oxygens (including phenoxy) is 1. The van der Waals surface area contributed by atoms with Crippen LogP contribution >= 0.6 is 0 Å². The van der Waals surface area contributed by atoms with E-state index in [0.29, 0.717) is 18.3 Å². The first-order chi connectivity index (χ1) is 11.1. The molecule has 1 amide bonds. The molecule has 7 nitrogen and oxygen atoms in total. The standard InChI is InChI=1S/C16H20N4O3/c1-10-19-16(23-20-10)13-8-7-12(22-13)9-18-14(15(17)21)11-5-3-2-4-6-11/h2-6,12-14,18H,7-9H2,1H3,(H2,17,21)/t12-,13+,14+/m1/s1. The molecule has 7 heteroatoms. The summed E-state index contributed by atoms with van der Waals surface area (Å²) in [5, 5.41) is 6.97. The van der Waals surface area contributed by atoms with Crippen LogP contribution in [0.25, 0.3) is 0 Å². The van der Waals surface area contributed by atoms with Gasteiger partial charge in [0.25, 0.3) is 5.89 Å². The highest BCUT2D eigenvalue weighted by Gasteiger charge is 2.31. The van der Waals surface area contributed by atoms with Crippen LogP contribution in [0.15, 0.2) is 34.9 Å². The number of nitrogens with zero attached hydrogens (tertiary/aromatic N) is 2. The van der Waals surface area contributed by atoms with E-state index in [1.54, 1.807) is 6.92 Å². The fourth-order valence-electron chi connectivity index (χ4n) is 2.76. The molecule has 0 saturated carbocycles. The van der Waals surface area contributed by atoms with Gasteiger partial charge in [0.1, 0.15) is 12.1 Å². The summed E-state index contributed by atoms with van der Waals surface area (Å²) in [7, 11) is 0. The Labute approximate surface area is 134 Å². The quantitative estimate of drug-likeness (QED) is 0.835. The molecule has 0 bridgehead atoms. The van der Waals surface area contributed by atoms with Gasteiger partial charge in [-0.1, -0.05) is 35.5 Å². The van der Waals surface area contributed by atoms with Gasteiger partial charge in [0.15, 0.2) is 5.82 Å². The molecule has 3 rings (SSSR count). The van der Waals surface area contributed by atoms with Gasteiger partial charge in [-0.25, -0.2) is 0 Å². The second-order valence-electron chi connectivity index (χ2n) is 5.66. The van der Waals surface area contributed by atoms with Gasteiger partial charge in [-0.3, -0.25) is 10.1 Å². The fourth-order valence-corrected chi connectivity index (χ4v) is 2.76. The SMILES string of the molecule is Cc1noc([C@@H]2CC[C@H](CN[C@H](C(N)=O)c3ccccc3)O2)n1. The summed E-state index contributed by atoms with van der Waals surface area (Å²) in [4.78, 5) is 15.9. The van der Waals surface area contributed by atoms with Crippen molar-refractivity contribution in [3.8, 4) is 0 Å². The van der Waals surface area contributed by atoms with Crippen LogP contribution in [0.3, 0.4) is 0 Å². The number of amides is 1. The Morgan fingerprint density at radius 1 is 1.39 bits per heavy atom. The number of aromatic nitrogens is 2. The number of hydrogen-bond donors (Lipinski definition) is 2. The molecule has 3 N–H and O–H groups in total. The molecule has 2 aromatic rings. The third kappa shape index (κ3) is 3.75. The van der Waals surface area contributed by atoms with Crippen molar-refractivity contribution >= 4 is 5.91 Å². The number of benzene rings is 1. The number of nitrogens with two attached hydrogens (primary N) is 1. The van der Waals surface area contributed by atoms with Gasteiger partial charge in [0, 0.05) is 6.54 Å². The van der Waals surface area contributed by atoms with Gasteiger partial charge in [-0.2, -0.15) is 4.98 Å². The normalized spacial score (nSPS) is 22.1. The highest BCUT2D eigenvalue weighted by atomic mass is 16.5. The smallest absolute Gasteiger partial charge is 0.255 e. The summed E-state index contributed by atoms with van der Waals surface area (Å²) in [6, 6.07) is 8.90. The molecule has 1 aliphatic rings. The Morgan fingerprint density at radius 2 is 2.17 bits per heavy atom. The van der Waals surface area contributed by atoms with Crippen molar-refractivity contribution < 1.29 is 14.1 Å². The predicted octanol–water partition coefficient (Wildman–Crippen LogP) is 1.41. The zero-order valence-corrected chi connectivity index (χ0v) is 12.9. The van der Waals surface area contributed by atoms with Gasteiger partial charge >= 0.3 is 0 Å². The van der Waals surface area contributed by atoms with Crippen LogP contribution in [0.1, 0.15) is 42.3 Å². The van der Waals surface area contributed by atoms with Gasteiger partial charge in [-0.05, 0) is 25.3 Å². The monoisotopic (exact) mass is 316 g/mol. The Morgan fingerprint density at radius 3 is 2.83 bits per heavy atom. The third-order valence-electron chi connectivity index (χ3n) is 3.89. The lowest BCUT2D eigenvalue weighted by molar-refractivity contribution is -0.120. The average molecular weight is 316 g/mol. The van der Waals surface area contributed by atoms with Crippen LogP contribution in [0.5, 0.6) is 0 Å². The van der Waals surface area contributed by atoms with Crippen molar-refractivity contribution in [3.05, 3.63) is 47.6 Å². The summed E-state index contributed by atoms with van der Waals surface area (Å²) < 4.78 is 11.1. The number of carbonyl (C=O) groups is 1. The molecule has 1 aromatic heterocycles. The molecule has 1 aromatic carbocycles. The summed E-state index contributed by atoms with van der Waals surface area (Å²) in [6.45, 7) is 2.31. The van der Waals surface area contributed by atoms with Crippen molar-refractivity contribution in [2.24, 2.45) is 5.73 Å². The van der Waals surface area contributed by atoms with E-state index in [-0.39, 0.29) is 12.2 Å². The number of hydrogen-bond acceptors (Lipinski definition) is 6. The molecule has 1 aliphatic heterocycles. The predicted molar refractivity (Wildman–Crippen MR) is 82.3 cm³/mol. The van der Waals surface area contributed by atoms with Gasteiger partial charge in [0.05, 0.1) is 6.10 Å². The van der Waals surface area contributed by atoms with E-state index >= 15 is 0 Å². The maximum atomic E-state index is 11.7. The average Bonchev–Trinajstić information content (AvgIpc) is 3.17. The molecule has 2 heterocycles. The zero-order valence-electron chi connectivity index (χ0n) is 12.9. The molecule has 0 spiro atoms. The van der Waals surface area contributed by atoms with Crippen LogP contribution in [-0.2, 0) is 9.53 Å². The first-order valence-corrected chi connectivity index (χ1v) is 7.67.